The first-order chi connectivity index (χ1) is 8.59. The number of carboxylic acid groups (broad SMARTS) is 1. The number of nitrogens with zero attached hydrogens (tertiary/aromatic N) is 3. The maximum Gasteiger partial charge on any atom is 0.307 e. The van der Waals surface area contributed by atoms with Gasteiger partial charge in [0.15, 0.2) is 0 Å². The predicted molar refractivity (Wildman–Crippen MR) is 67.1 cm³/mol. The Balaban J connectivity index is 2.26. The fraction of sp³-hybridized carbons (Fsp3) is 0.615. The van der Waals surface area contributed by atoms with E-state index in [9.17, 15) is 9.90 Å². The quantitative estimate of drug-likeness (QED) is 0.829. The lowest BCUT2D eigenvalue weighted by molar-refractivity contribution is -0.142. The van der Waals surface area contributed by atoms with E-state index in [-0.39, 0.29) is 11.8 Å². The zero-order valence-corrected chi connectivity index (χ0v) is 10.8. The van der Waals surface area contributed by atoms with Gasteiger partial charge in [0.2, 0.25) is 0 Å². The maximum atomic E-state index is 11.3. The second kappa shape index (κ2) is 5.33. The third-order valence-corrected chi connectivity index (χ3v) is 3.29. The second-order valence-electron chi connectivity index (χ2n) is 5.23. The number of aliphatic carboxylic acids is 1. The van der Waals surface area contributed by atoms with Crippen molar-refractivity contribution >= 4 is 5.97 Å². The normalized spacial score (nSPS) is 23.5. The number of allylic oxidation sites excluding steroid dienone is 2. The average molecular weight is 249 g/mol. The topological polar surface area (TPSA) is 68.0 Å². The summed E-state index contributed by atoms with van der Waals surface area (Å²) in [5, 5.41) is 17.4. The lowest BCUT2D eigenvalue weighted by Crippen LogP contribution is -2.26. The maximum absolute atomic E-state index is 11.3. The van der Waals surface area contributed by atoms with Gasteiger partial charge < -0.3 is 9.67 Å². The molecule has 0 fully saturated rings. The summed E-state index contributed by atoms with van der Waals surface area (Å²) >= 11 is 0. The molecule has 2 rings (SSSR count). The summed E-state index contributed by atoms with van der Waals surface area (Å²) in [4.78, 5) is 11.3. The van der Waals surface area contributed by atoms with Gasteiger partial charge in [-0.3, -0.25) is 4.79 Å². The summed E-state index contributed by atoms with van der Waals surface area (Å²) in [5.74, 6) is 0.102. The highest BCUT2D eigenvalue weighted by molar-refractivity contribution is 5.71. The van der Waals surface area contributed by atoms with E-state index in [0.717, 1.165) is 18.8 Å². The molecule has 1 aliphatic rings. The smallest absolute Gasteiger partial charge is 0.307 e. The van der Waals surface area contributed by atoms with Crippen molar-refractivity contribution in [3.8, 4) is 0 Å². The van der Waals surface area contributed by atoms with Gasteiger partial charge in [-0.2, -0.15) is 0 Å². The van der Waals surface area contributed by atoms with Crippen molar-refractivity contribution in [3.63, 3.8) is 0 Å². The first kappa shape index (κ1) is 12.8. The molecule has 0 spiro atoms. The van der Waals surface area contributed by atoms with Gasteiger partial charge in [0, 0.05) is 12.5 Å². The van der Waals surface area contributed by atoms with E-state index in [0.29, 0.717) is 12.3 Å². The molecule has 0 aliphatic heterocycles. The van der Waals surface area contributed by atoms with Crippen LogP contribution in [0, 0.1) is 11.8 Å². The summed E-state index contributed by atoms with van der Waals surface area (Å²) in [6, 6.07) is 0. The van der Waals surface area contributed by atoms with Crippen LogP contribution in [0.5, 0.6) is 0 Å². The number of carboxylic acids is 1. The summed E-state index contributed by atoms with van der Waals surface area (Å²) in [5.41, 5.74) is 0. The summed E-state index contributed by atoms with van der Waals surface area (Å²) < 4.78 is 1.99. The Bertz CT molecular complexity index is 451. The van der Waals surface area contributed by atoms with Crippen LogP contribution >= 0.6 is 0 Å². The van der Waals surface area contributed by atoms with Gasteiger partial charge in [-0.15, -0.1) is 10.2 Å². The van der Waals surface area contributed by atoms with E-state index in [4.69, 9.17) is 0 Å². The molecule has 0 saturated carbocycles. The molecule has 0 bridgehead atoms. The van der Waals surface area contributed by atoms with Crippen molar-refractivity contribution in [3.05, 3.63) is 24.3 Å². The third-order valence-electron chi connectivity index (χ3n) is 3.29. The van der Waals surface area contributed by atoms with Crippen LogP contribution in [-0.4, -0.2) is 25.8 Å². The fourth-order valence-corrected chi connectivity index (χ4v) is 2.46. The van der Waals surface area contributed by atoms with Gasteiger partial charge in [-0.25, -0.2) is 0 Å². The predicted octanol–water partition coefficient (Wildman–Crippen LogP) is 2.07. The molecule has 5 nitrogen and oxygen atoms in total. The highest BCUT2D eigenvalue weighted by Crippen LogP contribution is 2.33. The molecule has 0 saturated heterocycles. The first-order valence-corrected chi connectivity index (χ1v) is 6.35. The Morgan fingerprint density at radius 2 is 2.22 bits per heavy atom. The van der Waals surface area contributed by atoms with Crippen LogP contribution in [0.15, 0.2) is 18.5 Å². The molecular weight excluding hydrogens is 230 g/mol. The number of rotatable bonds is 4. The molecule has 0 unspecified atom stereocenters. The van der Waals surface area contributed by atoms with Crippen molar-refractivity contribution in [2.75, 3.05) is 0 Å². The van der Waals surface area contributed by atoms with Gasteiger partial charge in [-0.05, 0) is 18.8 Å². The number of hydrogen-bond acceptors (Lipinski definition) is 3. The van der Waals surface area contributed by atoms with Crippen LogP contribution in [0.1, 0.15) is 38.4 Å². The molecule has 98 valence electrons. The molecule has 0 amide bonds. The van der Waals surface area contributed by atoms with Crippen LogP contribution in [-0.2, 0) is 11.3 Å². The summed E-state index contributed by atoms with van der Waals surface area (Å²) in [7, 11) is 0. The van der Waals surface area contributed by atoms with E-state index in [2.05, 4.69) is 24.0 Å². The highest BCUT2D eigenvalue weighted by atomic mass is 16.4. The Morgan fingerprint density at radius 3 is 2.89 bits per heavy atom. The minimum Gasteiger partial charge on any atom is -0.481 e. The van der Waals surface area contributed by atoms with Crippen LogP contribution in [0.3, 0.4) is 0 Å². The molecule has 0 radical (unpaired) electrons. The van der Waals surface area contributed by atoms with E-state index < -0.39 is 5.97 Å². The zero-order chi connectivity index (χ0) is 13.1. The Hall–Kier alpha value is -1.65. The van der Waals surface area contributed by atoms with E-state index in [1.54, 1.807) is 6.33 Å². The lowest BCUT2D eigenvalue weighted by atomic mass is 9.82. The molecule has 1 aromatic heterocycles. The number of carbonyl (C=O) groups is 1. The first-order valence-electron chi connectivity index (χ1n) is 6.35. The monoisotopic (exact) mass is 249 g/mol. The van der Waals surface area contributed by atoms with Crippen LogP contribution in [0.25, 0.3) is 0 Å². The van der Waals surface area contributed by atoms with Crippen LogP contribution in [0.2, 0.25) is 0 Å². The molecule has 1 N–H and O–H groups in total. The van der Waals surface area contributed by atoms with Gasteiger partial charge in [0.1, 0.15) is 12.2 Å². The van der Waals surface area contributed by atoms with Crippen molar-refractivity contribution in [2.45, 2.75) is 39.2 Å². The molecule has 2 atom stereocenters. The van der Waals surface area contributed by atoms with Crippen molar-refractivity contribution in [1.29, 1.82) is 0 Å². The van der Waals surface area contributed by atoms with Gasteiger partial charge in [0.25, 0.3) is 0 Å². The SMILES string of the molecule is CC(C)Cn1cnnc1[C@@H]1CC=CC[C@@H]1C(=O)O. The largest absolute Gasteiger partial charge is 0.481 e. The van der Waals surface area contributed by atoms with Crippen molar-refractivity contribution < 1.29 is 9.90 Å². The number of aromatic nitrogens is 3. The van der Waals surface area contributed by atoms with Gasteiger partial charge in [0.05, 0.1) is 5.92 Å². The summed E-state index contributed by atoms with van der Waals surface area (Å²) in [6.07, 6.45) is 6.99. The average Bonchev–Trinajstić information content (AvgIpc) is 2.76. The standard InChI is InChI=1S/C13H19N3O2/c1-9(2)7-16-8-14-15-12(16)10-5-3-4-6-11(10)13(17)18/h3-4,8-11H,5-7H2,1-2H3,(H,17,18)/t10-,11+/m1/s1. The van der Waals surface area contributed by atoms with E-state index in [1.165, 1.54) is 0 Å². The van der Waals surface area contributed by atoms with Crippen LogP contribution < -0.4 is 0 Å². The fourth-order valence-electron chi connectivity index (χ4n) is 2.46. The molecule has 1 aromatic rings. The van der Waals surface area contributed by atoms with Crippen molar-refractivity contribution in [1.82, 2.24) is 14.8 Å². The van der Waals surface area contributed by atoms with E-state index in [1.807, 2.05) is 16.7 Å². The minimum absolute atomic E-state index is 0.0613. The second-order valence-corrected chi connectivity index (χ2v) is 5.23. The van der Waals surface area contributed by atoms with E-state index >= 15 is 0 Å². The number of hydrogen-bond donors (Lipinski definition) is 1. The van der Waals surface area contributed by atoms with Gasteiger partial charge >= 0.3 is 5.97 Å². The Morgan fingerprint density at radius 1 is 1.50 bits per heavy atom. The molecule has 1 heterocycles. The van der Waals surface area contributed by atoms with Crippen LogP contribution in [0.4, 0.5) is 0 Å². The molecule has 5 heteroatoms. The lowest BCUT2D eigenvalue weighted by Gasteiger charge is -2.25. The zero-order valence-electron chi connectivity index (χ0n) is 10.8. The van der Waals surface area contributed by atoms with Crippen molar-refractivity contribution in [2.24, 2.45) is 11.8 Å². The summed E-state index contributed by atoms with van der Waals surface area (Å²) in [6.45, 7) is 5.08. The third kappa shape index (κ3) is 2.60. The molecule has 18 heavy (non-hydrogen) atoms. The minimum atomic E-state index is -0.747. The van der Waals surface area contributed by atoms with Gasteiger partial charge in [-0.1, -0.05) is 26.0 Å². The molecule has 0 aromatic carbocycles. The molecular formula is C13H19N3O2. The molecule has 1 aliphatic carbocycles. The Kier molecular flexibility index (Phi) is 3.79. The highest BCUT2D eigenvalue weighted by Gasteiger charge is 2.33. The Labute approximate surface area is 107 Å².